The lowest BCUT2D eigenvalue weighted by Gasteiger charge is -2.33. The van der Waals surface area contributed by atoms with Crippen LogP contribution in [0.25, 0.3) is 10.9 Å². The van der Waals surface area contributed by atoms with Crippen molar-refractivity contribution in [3.8, 4) is 0 Å². The lowest BCUT2D eigenvalue weighted by atomic mass is 9.87. The number of aromatic nitrogens is 1. The SMILES string of the molecule is Cc1[nH]c2ccccc2c1C1CCN(CCC(C)(C)O)CC1. The van der Waals surface area contributed by atoms with E-state index >= 15 is 0 Å². The van der Waals surface area contributed by atoms with E-state index in [0.29, 0.717) is 5.92 Å². The molecule has 3 rings (SSSR count). The van der Waals surface area contributed by atoms with E-state index in [-0.39, 0.29) is 0 Å². The van der Waals surface area contributed by atoms with E-state index in [1.165, 1.54) is 35.0 Å². The molecular weight excluding hydrogens is 272 g/mol. The Morgan fingerprint density at radius 2 is 1.91 bits per heavy atom. The van der Waals surface area contributed by atoms with Crippen molar-refractivity contribution in [3.63, 3.8) is 0 Å². The minimum atomic E-state index is -0.551. The highest BCUT2D eigenvalue weighted by atomic mass is 16.3. The molecule has 1 aromatic carbocycles. The number of likely N-dealkylation sites (tertiary alicyclic amines) is 1. The van der Waals surface area contributed by atoms with Crippen LogP contribution < -0.4 is 0 Å². The number of aromatic amines is 1. The summed E-state index contributed by atoms with van der Waals surface area (Å²) in [7, 11) is 0. The van der Waals surface area contributed by atoms with E-state index in [9.17, 15) is 5.11 Å². The standard InChI is InChI=1S/C19H28N2O/c1-14-18(16-6-4-5-7-17(16)20-14)15-8-11-21(12-9-15)13-10-19(2,3)22/h4-7,15,20,22H,8-13H2,1-3H3. The molecule has 0 aliphatic carbocycles. The number of aryl methyl sites for hydroxylation is 1. The van der Waals surface area contributed by atoms with Gasteiger partial charge in [-0.05, 0) is 70.7 Å². The highest BCUT2D eigenvalue weighted by Gasteiger charge is 2.25. The normalized spacial score (nSPS) is 18.2. The van der Waals surface area contributed by atoms with Gasteiger partial charge in [0, 0.05) is 23.1 Å². The van der Waals surface area contributed by atoms with Gasteiger partial charge in [-0.2, -0.15) is 0 Å². The number of hydrogen-bond acceptors (Lipinski definition) is 2. The minimum absolute atomic E-state index is 0.551. The summed E-state index contributed by atoms with van der Waals surface area (Å²) < 4.78 is 0. The summed E-state index contributed by atoms with van der Waals surface area (Å²) in [4.78, 5) is 6.03. The average molecular weight is 300 g/mol. The first-order chi connectivity index (χ1) is 10.4. The molecule has 0 saturated carbocycles. The number of fused-ring (bicyclic) bond motifs is 1. The van der Waals surface area contributed by atoms with Crippen molar-refractivity contribution >= 4 is 10.9 Å². The summed E-state index contributed by atoms with van der Waals surface area (Å²) in [6.07, 6.45) is 3.28. The molecule has 3 nitrogen and oxygen atoms in total. The molecule has 1 aromatic heterocycles. The number of hydrogen-bond donors (Lipinski definition) is 2. The van der Waals surface area contributed by atoms with Gasteiger partial charge < -0.3 is 15.0 Å². The molecule has 0 bridgehead atoms. The number of benzene rings is 1. The molecule has 1 fully saturated rings. The van der Waals surface area contributed by atoms with Gasteiger partial charge in [-0.1, -0.05) is 18.2 Å². The second-order valence-electron chi connectivity index (χ2n) is 7.39. The fourth-order valence-corrected chi connectivity index (χ4v) is 3.70. The van der Waals surface area contributed by atoms with E-state index in [1.54, 1.807) is 0 Å². The zero-order chi connectivity index (χ0) is 15.7. The third-order valence-electron chi connectivity index (χ3n) is 4.98. The maximum absolute atomic E-state index is 9.87. The fourth-order valence-electron chi connectivity index (χ4n) is 3.70. The molecule has 1 saturated heterocycles. The Morgan fingerprint density at radius 3 is 2.59 bits per heavy atom. The van der Waals surface area contributed by atoms with Gasteiger partial charge in [-0.3, -0.25) is 0 Å². The van der Waals surface area contributed by atoms with E-state index in [2.05, 4.69) is 41.1 Å². The Labute approximate surface area is 133 Å². The molecule has 2 aromatic rings. The summed E-state index contributed by atoms with van der Waals surface area (Å²) in [6.45, 7) is 9.28. The third-order valence-corrected chi connectivity index (χ3v) is 4.98. The highest BCUT2D eigenvalue weighted by molar-refractivity contribution is 5.85. The van der Waals surface area contributed by atoms with Crippen molar-refractivity contribution in [2.75, 3.05) is 19.6 Å². The van der Waals surface area contributed by atoms with Gasteiger partial charge in [-0.25, -0.2) is 0 Å². The van der Waals surface area contributed by atoms with Gasteiger partial charge >= 0.3 is 0 Å². The molecular formula is C19H28N2O. The summed E-state index contributed by atoms with van der Waals surface area (Å²) in [5, 5.41) is 11.3. The molecule has 1 aliphatic rings. The van der Waals surface area contributed by atoms with Crippen molar-refractivity contribution in [1.29, 1.82) is 0 Å². The van der Waals surface area contributed by atoms with Gasteiger partial charge in [-0.15, -0.1) is 0 Å². The summed E-state index contributed by atoms with van der Waals surface area (Å²) in [6, 6.07) is 8.65. The van der Waals surface area contributed by atoms with Crippen LogP contribution in [0.5, 0.6) is 0 Å². The molecule has 1 aliphatic heterocycles. The zero-order valence-corrected chi connectivity index (χ0v) is 14.0. The molecule has 3 heteroatoms. The third kappa shape index (κ3) is 3.36. The van der Waals surface area contributed by atoms with Gasteiger partial charge in [0.15, 0.2) is 0 Å². The lowest BCUT2D eigenvalue weighted by molar-refractivity contribution is 0.0540. The summed E-state index contributed by atoms with van der Waals surface area (Å²) in [5.41, 5.74) is 3.57. The first-order valence-corrected chi connectivity index (χ1v) is 8.46. The Hall–Kier alpha value is -1.32. The fraction of sp³-hybridized carbons (Fsp3) is 0.579. The molecule has 120 valence electrons. The maximum Gasteiger partial charge on any atom is 0.0603 e. The van der Waals surface area contributed by atoms with Crippen LogP contribution in [-0.4, -0.2) is 40.2 Å². The van der Waals surface area contributed by atoms with Crippen LogP contribution >= 0.6 is 0 Å². The summed E-state index contributed by atoms with van der Waals surface area (Å²) >= 11 is 0. The monoisotopic (exact) mass is 300 g/mol. The first-order valence-electron chi connectivity index (χ1n) is 8.46. The molecule has 2 heterocycles. The Kier molecular flexibility index (Phi) is 4.28. The summed E-state index contributed by atoms with van der Waals surface area (Å²) in [5.74, 6) is 0.662. The highest BCUT2D eigenvalue weighted by Crippen LogP contribution is 2.35. The van der Waals surface area contributed by atoms with Crippen LogP contribution in [0.3, 0.4) is 0 Å². The Balaban J connectivity index is 1.67. The average Bonchev–Trinajstić information content (AvgIpc) is 2.81. The van der Waals surface area contributed by atoms with E-state index < -0.39 is 5.60 Å². The second-order valence-corrected chi connectivity index (χ2v) is 7.39. The van der Waals surface area contributed by atoms with Crippen LogP contribution in [0.1, 0.15) is 50.3 Å². The largest absolute Gasteiger partial charge is 0.390 e. The van der Waals surface area contributed by atoms with Gasteiger partial charge in [0.05, 0.1) is 5.60 Å². The number of para-hydroxylation sites is 1. The van der Waals surface area contributed by atoms with Gasteiger partial charge in [0.2, 0.25) is 0 Å². The molecule has 0 amide bonds. The number of aliphatic hydroxyl groups is 1. The van der Waals surface area contributed by atoms with Crippen LogP contribution in [-0.2, 0) is 0 Å². The molecule has 22 heavy (non-hydrogen) atoms. The number of H-pyrrole nitrogens is 1. The maximum atomic E-state index is 9.87. The van der Waals surface area contributed by atoms with Crippen molar-refractivity contribution < 1.29 is 5.11 Å². The predicted molar refractivity (Wildman–Crippen MR) is 92.4 cm³/mol. The lowest BCUT2D eigenvalue weighted by Crippen LogP contribution is -2.36. The van der Waals surface area contributed by atoms with Gasteiger partial charge in [0.25, 0.3) is 0 Å². The number of nitrogens with zero attached hydrogens (tertiary/aromatic N) is 1. The topological polar surface area (TPSA) is 39.3 Å². The molecule has 0 radical (unpaired) electrons. The van der Waals surface area contributed by atoms with Crippen molar-refractivity contribution in [2.24, 2.45) is 0 Å². The van der Waals surface area contributed by atoms with Crippen LogP contribution in [0.4, 0.5) is 0 Å². The van der Waals surface area contributed by atoms with E-state index in [0.717, 1.165) is 26.1 Å². The Morgan fingerprint density at radius 1 is 1.23 bits per heavy atom. The van der Waals surface area contributed by atoms with Crippen LogP contribution in [0, 0.1) is 6.92 Å². The van der Waals surface area contributed by atoms with Crippen molar-refractivity contribution in [2.45, 2.75) is 51.6 Å². The zero-order valence-electron chi connectivity index (χ0n) is 14.0. The molecule has 0 unspecified atom stereocenters. The van der Waals surface area contributed by atoms with Crippen molar-refractivity contribution in [3.05, 3.63) is 35.5 Å². The van der Waals surface area contributed by atoms with E-state index in [4.69, 9.17) is 0 Å². The number of nitrogens with one attached hydrogen (secondary N) is 1. The molecule has 0 spiro atoms. The minimum Gasteiger partial charge on any atom is -0.390 e. The second kappa shape index (κ2) is 6.05. The Bertz CT molecular complexity index is 630. The van der Waals surface area contributed by atoms with Crippen LogP contribution in [0.2, 0.25) is 0 Å². The van der Waals surface area contributed by atoms with Crippen molar-refractivity contribution in [1.82, 2.24) is 9.88 Å². The number of piperidine rings is 1. The smallest absolute Gasteiger partial charge is 0.0603 e. The quantitative estimate of drug-likeness (QED) is 0.901. The number of rotatable bonds is 4. The molecule has 2 N–H and O–H groups in total. The molecule has 0 atom stereocenters. The van der Waals surface area contributed by atoms with Gasteiger partial charge in [0.1, 0.15) is 0 Å². The first kappa shape index (κ1) is 15.6. The van der Waals surface area contributed by atoms with Crippen LogP contribution in [0.15, 0.2) is 24.3 Å². The van der Waals surface area contributed by atoms with E-state index in [1.807, 2.05) is 13.8 Å². The predicted octanol–water partition coefficient (Wildman–Crippen LogP) is 3.82.